The highest BCUT2D eigenvalue weighted by Gasteiger charge is 2.13. The SMILES string of the molecule is Cc1noc(C)c1-c1ccc2ncnc(Nc3cccc(Cl)c3)c2c1. The predicted octanol–water partition coefficient (Wildman–Crippen LogP) is 5.30. The monoisotopic (exact) mass is 350 g/mol. The molecule has 0 saturated heterocycles. The van der Waals surface area contributed by atoms with Crippen LogP contribution in [0.4, 0.5) is 11.5 Å². The molecular formula is C19H15ClN4O. The number of hydrogen-bond donors (Lipinski definition) is 1. The topological polar surface area (TPSA) is 63.8 Å². The Balaban J connectivity index is 1.84. The number of hydrogen-bond acceptors (Lipinski definition) is 5. The van der Waals surface area contributed by atoms with Gasteiger partial charge in [-0.05, 0) is 49.7 Å². The van der Waals surface area contributed by atoms with Crippen molar-refractivity contribution in [2.24, 2.45) is 0 Å². The summed E-state index contributed by atoms with van der Waals surface area (Å²) in [6, 6.07) is 13.6. The van der Waals surface area contributed by atoms with Crippen LogP contribution in [0.5, 0.6) is 0 Å². The molecule has 2 aromatic heterocycles. The van der Waals surface area contributed by atoms with Crippen LogP contribution in [0.2, 0.25) is 5.02 Å². The van der Waals surface area contributed by atoms with E-state index in [9.17, 15) is 0 Å². The Bertz CT molecular complexity index is 1050. The molecule has 2 heterocycles. The fourth-order valence-corrected chi connectivity index (χ4v) is 3.10. The second-order valence-corrected chi connectivity index (χ2v) is 6.23. The minimum Gasteiger partial charge on any atom is -0.361 e. The third-order valence-corrected chi connectivity index (χ3v) is 4.28. The Hall–Kier alpha value is -2.92. The van der Waals surface area contributed by atoms with Gasteiger partial charge in [0.25, 0.3) is 0 Å². The van der Waals surface area contributed by atoms with Gasteiger partial charge in [-0.15, -0.1) is 0 Å². The molecular weight excluding hydrogens is 336 g/mol. The molecule has 0 aliphatic carbocycles. The van der Waals surface area contributed by atoms with Gasteiger partial charge >= 0.3 is 0 Å². The van der Waals surface area contributed by atoms with E-state index in [0.717, 1.165) is 45.0 Å². The number of benzene rings is 2. The number of nitrogens with zero attached hydrogens (tertiary/aromatic N) is 3. The number of rotatable bonds is 3. The fourth-order valence-electron chi connectivity index (χ4n) is 2.91. The van der Waals surface area contributed by atoms with Gasteiger partial charge in [-0.25, -0.2) is 9.97 Å². The van der Waals surface area contributed by atoms with Gasteiger partial charge in [0, 0.05) is 21.7 Å². The molecule has 4 rings (SSSR count). The quantitative estimate of drug-likeness (QED) is 0.543. The molecule has 0 saturated carbocycles. The molecule has 25 heavy (non-hydrogen) atoms. The van der Waals surface area contributed by atoms with Gasteiger partial charge in [0.15, 0.2) is 0 Å². The molecule has 0 amide bonds. The Morgan fingerprint density at radius 2 is 1.92 bits per heavy atom. The van der Waals surface area contributed by atoms with E-state index in [2.05, 4.69) is 26.5 Å². The smallest absolute Gasteiger partial charge is 0.141 e. The van der Waals surface area contributed by atoms with E-state index in [1.807, 2.05) is 50.2 Å². The maximum atomic E-state index is 6.07. The lowest BCUT2D eigenvalue weighted by Gasteiger charge is -2.10. The average molecular weight is 351 g/mol. The lowest BCUT2D eigenvalue weighted by Crippen LogP contribution is -1.96. The van der Waals surface area contributed by atoms with Gasteiger partial charge in [0.1, 0.15) is 17.9 Å². The molecule has 0 aliphatic heterocycles. The fraction of sp³-hybridized carbons (Fsp3) is 0.105. The zero-order chi connectivity index (χ0) is 17.4. The molecule has 0 fully saturated rings. The maximum absolute atomic E-state index is 6.07. The molecule has 0 bridgehead atoms. The normalized spacial score (nSPS) is 11.0. The number of nitrogens with one attached hydrogen (secondary N) is 1. The van der Waals surface area contributed by atoms with Crippen molar-refractivity contribution in [1.82, 2.24) is 15.1 Å². The van der Waals surface area contributed by atoms with Crippen LogP contribution in [-0.4, -0.2) is 15.1 Å². The molecule has 0 atom stereocenters. The van der Waals surface area contributed by atoms with Crippen LogP contribution in [0, 0.1) is 13.8 Å². The lowest BCUT2D eigenvalue weighted by atomic mass is 10.0. The van der Waals surface area contributed by atoms with E-state index < -0.39 is 0 Å². The maximum Gasteiger partial charge on any atom is 0.141 e. The molecule has 0 radical (unpaired) electrons. The first kappa shape index (κ1) is 15.6. The third-order valence-electron chi connectivity index (χ3n) is 4.04. The van der Waals surface area contributed by atoms with E-state index in [1.54, 1.807) is 6.33 Å². The average Bonchev–Trinajstić information content (AvgIpc) is 2.94. The summed E-state index contributed by atoms with van der Waals surface area (Å²) in [7, 11) is 0. The van der Waals surface area contributed by atoms with Crippen LogP contribution < -0.4 is 5.32 Å². The Kier molecular flexibility index (Phi) is 3.86. The van der Waals surface area contributed by atoms with Crippen LogP contribution in [0.3, 0.4) is 0 Å². The molecule has 0 unspecified atom stereocenters. The molecule has 1 N–H and O–H groups in total. The molecule has 0 spiro atoms. The van der Waals surface area contributed by atoms with Crippen molar-refractivity contribution in [2.45, 2.75) is 13.8 Å². The Labute approximate surface area is 149 Å². The van der Waals surface area contributed by atoms with Crippen molar-refractivity contribution in [3.63, 3.8) is 0 Å². The summed E-state index contributed by atoms with van der Waals surface area (Å²) in [5.41, 5.74) is 4.61. The van der Waals surface area contributed by atoms with Gasteiger partial charge in [0.2, 0.25) is 0 Å². The zero-order valence-corrected chi connectivity index (χ0v) is 14.5. The predicted molar refractivity (Wildman–Crippen MR) is 99.2 cm³/mol. The standard InChI is InChI=1S/C19H15ClN4O/c1-11-18(12(2)25-24-11)13-6-7-17-16(8-13)19(22-10-21-17)23-15-5-3-4-14(20)9-15/h3-10H,1-2H3,(H,21,22,23). The Morgan fingerprint density at radius 1 is 1.04 bits per heavy atom. The van der Waals surface area contributed by atoms with E-state index in [-0.39, 0.29) is 0 Å². The van der Waals surface area contributed by atoms with Crippen LogP contribution >= 0.6 is 11.6 Å². The molecule has 4 aromatic rings. The zero-order valence-electron chi connectivity index (χ0n) is 13.7. The Morgan fingerprint density at radius 3 is 2.68 bits per heavy atom. The first-order valence-electron chi connectivity index (χ1n) is 7.82. The minimum atomic E-state index is 0.666. The van der Waals surface area contributed by atoms with Crippen LogP contribution in [0.1, 0.15) is 11.5 Å². The van der Waals surface area contributed by atoms with Crippen LogP contribution in [-0.2, 0) is 0 Å². The molecule has 0 aliphatic rings. The summed E-state index contributed by atoms with van der Waals surface area (Å²) < 4.78 is 5.29. The van der Waals surface area contributed by atoms with Crippen molar-refractivity contribution in [1.29, 1.82) is 0 Å². The van der Waals surface area contributed by atoms with Gasteiger partial charge in [-0.1, -0.05) is 28.9 Å². The first-order valence-corrected chi connectivity index (χ1v) is 8.20. The van der Waals surface area contributed by atoms with E-state index in [4.69, 9.17) is 16.1 Å². The summed E-state index contributed by atoms with van der Waals surface area (Å²) in [5.74, 6) is 1.51. The molecule has 5 nitrogen and oxygen atoms in total. The number of aryl methyl sites for hydroxylation is 2. The van der Waals surface area contributed by atoms with Gasteiger partial charge in [-0.3, -0.25) is 0 Å². The summed E-state index contributed by atoms with van der Waals surface area (Å²) >= 11 is 6.07. The second-order valence-electron chi connectivity index (χ2n) is 5.79. The summed E-state index contributed by atoms with van der Waals surface area (Å²) in [4.78, 5) is 8.75. The highest BCUT2D eigenvalue weighted by molar-refractivity contribution is 6.30. The summed E-state index contributed by atoms with van der Waals surface area (Å²) in [5, 5.41) is 8.93. The van der Waals surface area contributed by atoms with Gasteiger partial charge in [-0.2, -0.15) is 0 Å². The number of fused-ring (bicyclic) bond motifs is 1. The van der Waals surface area contributed by atoms with Crippen LogP contribution in [0.15, 0.2) is 53.3 Å². The summed E-state index contributed by atoms with van der Waals surface area (Å²) in [6.45, 7) is 3.84. The number of aromatic nitrogens is 3. The molecule has 2 aromatic carbocycles. The van der Waals surface area contributed by atoms with E-state index >= 15 is 0 Å². The number of halogens is 1. The summed E-state index contributed by atoms with van der Waals surface area (Å²) in [6.07, 6.45) is 1.55. The second kappa shape index (κ2) is 6.18. The van der Waals surface area contributed by atoms with Gasteiger partial charge in [0.05, 0.1) is 11.2 Å². The van der Waals surface area contributed by atoms with Crippen molar-refractivity contribution in [2.75, 3.05) is 5.32 Å². The third kappa shape index (κ3) is 2.94. The highest BCUT2D eigenvalue weighted by atomic mass is 35.5. The van der Waals surface area contributed by atoms with Gasteiger partial charge < -0.3 is 9.84 Å². The van der Waals surface area contributed by atoms with E-state index in [1.165, 1.54) is 0 Å². The minimum absolute atomic E-state index is 0.666. The largest absolute Gasteiger partial charge is 0.361 e. The van der Waals surface area contributed by atoms with Crippen molar-refractivity contribution in [3.8, 4) is 11.1 Å². The molecule has 124 valence electrons. The lowest BCUT2D eigenvalue weighted by molar-refractivity contribution is 0.393. The van der Waals surface area contributed by atoms with Crippen LogP contribution in [0.25, 0.3) is 22.0 Å². The van der Waals surface area contributed by atoms with E-state index in [0.29, 0.717) is 5.02 Å². The first-order chi connectivity index (χ1) is 12.1. The highest BCUT2D eigenvalue weighted by Crippen LogP contribution is 2.32. The van der Waals surface area contributed by atoms with Crippen molar-refractivity contribution < 1.29 is 4.52 Å². The van der Waals surface area contributed by atoms with Crippen molar-refractivity contribution in [3.05, 3.63) is 65.3 Å². The number of anilines is 2. The van der Waals surface area contributed by atoms with Crippen molar-refractivity contribution >= 4 is 34.0 Å². The molecule has 6 heteroatoms.